The Bertz CT molecular complexity index is 1040. The minimum Gasteiger partial charge on any atom is -0.495 e. The molecule has 1 amide bonds. The van der Waals surface area contributed by atoms with Crippen LogP contribution in [0.5, 0.6) is 5.75 Å². The summed E-state index contributed by atoms with van der Waals surface area (Å²) in [5.41, 5.74) is 13.9. The zero-order valence-corrected chi connectivity index (χ0v) is 17.3. The average molecular weight is 416 g/mol. The second-order valence-corrected chi connectivity index (χ2v) is 8.28. The molecule has 9 nitrogen and oxygen atoms in total. The van der Waals surface area contributed by atoms with Crippen LogP contribution in [0.25, 0.3) is 10.2 Å². The number of hydrogen-bond donors (Lipinski definition) is 3. The van der Waals surface area contributed by atoms with Gasteiger partial charge in [0.25, 0.3) is 5.91 Å². The fourth-order valence-electron chi connectivity index (χ4n) is 3.72. The maximum absolute atomic E-state index is 13.1. The molecule has 1 aliphatic heterocycles. The minimum absolute atomic E-state index is 0.214. The van der Waals surface area contributed by atoms with Crippen LogP contribution in [-0.4, -0.2) is 46.9 Å². The Morgan fingerprint density at radius 3 is 2.97 bits per heavy atom. The largest absolute Gasteiger partial charge is 0.495 e. The molecule has 3 aromatic heterocycles. The molecule has 0 radical (unpaired) electrons. The van der Waals surface area contributed by atoms with Gasteiger partial charge in [0.15, 0.2) is 5.82 Å². The summed E-state index contributed by atoms with van der Waals surface area (Å²) in [6.07, 6.45) is 6.17. The van der Waals surface area contributed by atoms with Gasteiger partial charge in [-0.25, -0.2) is 0 Å². The fourth-order valence-corrected chi connectivity index (χ4v) is 4.68. The molecule has 1 saturated heterocycles. The molecular weight excluding hydrogens is 390 g/mol. The van der Waals surface area contributed by atoms with Crippen molar-refractivity contribution in [3.63, 3.8) is 0 Å². The smallest absolute Gasteiger partial charge is 0.261 e. The van der Waals surface area contributed by atoms with Gasteiger partial charge in [-0.2, -0.15) is 5.10 Å². The van der Waals surface area contributed by atoms with Crippen LogP contribution in [0, 0.1) is 0 Å². The number of aryl methyl sites for hydroxylation is 1. The molecule has 1 fully saturated rings. The van der Waals surface area contributed by atoms with Gasteiger partial charge in [0.1, 0.15) is 22.0 Å². The normalized spacial score (nSPS) is 17.3. The van der Waals surface area contributed by atoms with E-state index in [0.29, 0.717) is 27.5 Å². The Hall–Kier alpha value is -2.85. The van der Waals surface area contributed by atoms with E-state index in [4.69, 9.17) is 16.2 Å². The molecule has 0 spiro atoms. The fraction of sp³-hybridized carbons (Fsp3) is 0.421. The molecule has 4 rings (SSSR count). The number of thiophene rings is 1. The SMILES string of the molecule is COc1cnc2c(C(=O)Nc3cnn(C)c3N3CCCC(N)CC3)c(N)sc2c1. The first-order valence-corrected chi connectivity index (χ1v) is 10.4. The monoisotopic (exact) mass is 415 g/mol. The number of nitrogens with two attached hydrogens (primary N) is 2. The quantitative estimate of drug-likeness (QED) is 0.596. The molecule has 0 aromatic carbocycles. The van der Waals surface area contributed by atoms with E-state index < -0.39 is 0 Å². The van der Waals surface area contributed by atoms with Gasteiger partial charge in [-0.1, -0.05) is 0 Å². The Labute approximate surface area is 172 Å². The Morgan fingerprint density at radius 1 is 1.34 bits per heavy atom. The molecule has 29 heavy (non-hydrogen) atoms. The van der Waals surface area contributed by atoms with Gasteiger partial charge >= 0.3 is 0 Å². The van der Waals surface area contributed by atoms with Gasteiger partial charge in [0.2, 0.25) is 0 Å². The third-order valence-corrected chi connectivity index (χ3v) is 6.18. The van der Waals surface area contributed by atoms with Gasteiger partial charge in [-0.3, -0.25) is 14.5 Å². The first-order chi connectivity index (χ1) is 14.0. The highest BCUT2D eigenvalue weighted by molar-refractivity contribution is 7.23. The molecule has 154 valence electrons. The predicted octanol–water partition coefficient (Wildman–Crippen LogP) is 2.19. The van der Waals surface area contributed by atoms with E-state index in [0.717, 1.165) is 42.9 Å². The number of ether oxygens (including phenoxy) is 1. The van der Waals surface area contributed by atoms with Gasteiger partial charge in [-0.15, -0.1) is 11.3 Å². The Balaban J connectivity index is 1.63. The molecule has 1 unspecified atom stereocenters. The molecule has 0 bridgehead atoms. The van der Waals surface area contributed by atoms with Crippen LogP contribution in [0.1, 0.15) is 29.6 Å². The van der Waals surface area contributed by atoms with Crippen LogP contribution in [0.3, 0.4) is 0 Å². The van der Waals surface area contributed by atoms with E-state index in [1.807, 2.05) is 13.1 Å². The minimum atomic E-state index is -0.299. The van der Waals surface area contributed by atoms with Crippen molar-refractivity contribution in [3.05, 3.63) is 24.0 Å². The van der Waals surface area contributed by atoms with Crippen molar-refractivity contribution >= 4 is 44.0 Å². The summed E-state index contributed by atoms with van der Waals surface area (Å²) in [4.78, 5) is 19.7. The Kier molecular flexibility index (Phi) is 5.29. The number of nitrogens with zero attached hydrogens (tertiary/aromatic N) is 4. The number of pyridine rings is 1. The first-order valence-electron chi connectivity index (χ1n) is 9.53. The van der Waals surface area contributed by atoms with Crippen molar-refractivity contribution in [2.75, 3.05) is 36.1 Å². The number of amides is 1. The van der Waals surface area contributed by atoms with Crippen molar-refractivity contribution in [2.24, 2.45) is 12.8 Å². The summed E-state index contributed by atoms with van der Waals surface area (Å²) in [5, 5.41) is 7.76. The maximum atomic E-state index is 13.1. The maximum Gasteiger partial charge on any atom is 0.261 e. The van der Waals surface area contributed by atoms with Crippen LogP contribution in [0.4, 0.5) is 16.5 Å². The van der Waals surface area contributed by atoms with Crippen LogP contribution in [-0.2, 0) is 7.05 Å². The van der Waals surface area contributed by atoms with Crippen molar-refractivity contribution in [3.8, 4) is 5.75 Å². The second-order valence-electron chi connectivity index (χ2n) is 7.20. The summed E-state index contributed by atoms with van der Waals surface area (Å²) in [7, 11) is 3.45. The molecule has 5 N–H and O–H groups in total. The van der Waals surface area contributed by atoms with E-state index in [9.17, 15) is 4.79 Å². The lowest BCUT2D eigenvalue weighted by Crippen LogP contribution is -2.29. The van der Waals surface area contributed by atoms with Crippen molar-refractivity contribution in [1.29, 1.82) is 0 Å². The number of methoxy groups -OCH3 is 1. The van der Waals surface area contributed by atoms with Gasteiger partial charge in [-0.05, 0) is 19.3 Å². The Morgan fingerprint density at radius 2 is 2.17 bits per heavy atom. The number of nitrogen functional groups attached to an aromatic ring is 1. The molecule has 0 saturated carbocycles. The van der Waals surface area contributed by atoms with Gasteiger partial charge in [0.05, 0.1) is 29.7 Å². The van der Waals surface area contributed by atoms with Crippen LogP contribution < -0.4 is 26.4 Å². The number of aromatic nitrogens is 3. The average Bonchev–Trinajstić information content (AvgIpc) is 3.13. The molecule has 1 aliphatic rings. The zero-order valence-electron chi connectivity index (χ0n) is 16.5. The number of carbonyl (C=O) groups is 1. The van der Waals surface area contributed by atoms with Gasteiger partial charge in [0, 0.05) is 32.2 Å². The number of carbonyl (C=O) groups excluding carboxylic acids is 1. The molecular formula is C19H25N7O2S. The van der Waals surface area contributed by atoms with Crippen molar-refractivity contribution < 1.29 is 9.53 Å². The van der Waals surface area contributed by atoms with Crippen molar-refractivity contribution in [1.82, 2.24) is 14.8 Å². The standard InChI is InChI=1S/C19H25N7O2S/c1-25-19(26-6-3-4-11(20)5-7-26)13(10-23-25)24-18(27)15-16-14(29-17(15)21)8-12(28-2)9-22-16/h8-11H,3-7,20-21H2,1-2H3,(H,24,27). The second kappa shape index (κ2) is 7.88. The molecule has 0 aliphatic carbocycles. The van der Waals surface area contributed by atoms with Crippen LogP contribution >= 0.6 is 11.3 Å². The van der Waals surface area contributed by atoms with E-state index in [2.05, 4.69) is 20.3 Å². The predicted molar refractivity (Wildman–Crippen MR) is 116 cm³/mol. The number of nitrogens with one attached hydrogen (secondary N) is 1. The highest BCUT2D eigenvalue weighted by Gasteiger charge is 2.24. The van der Waals surface area contributed by atoms with E-state index >= 15 is 0 Å². The number of fused-ring (bicyclic) bond motifs is 1. The third kappa shape index (κ3) is 3.73. The molecule has 10 heteroatoms. The highest BCUT2D eigenvalue weighted by Crippen LogP contribution is 2.35. The number of hydrogen-bond acceptors (Lipinski definition) is 8. The number of rotatable bonds is 4. The third-order valence-electron chi connectivity index (χ3n) is 5.22. The zero-order chi connectivity index (χ0) is 20.5. The van der Waals surface area contributed by atoms with Crippen LogP contribution in [0.2, 0.25) is 0 Å². The lowest BCUT2D eigenvalue weighted by Gasteiger charge is -2.24. The van der Waals surface area contributed by atoms with E-state index in [1.54, 1.807) is 24.2 Å². The van der Waals surface area contributed by atoms with Crippen molar-refractivity contribution in [2.45, 2.75) is 25.3 Å². The summed E-state index contributed by atoms with van der Waals surface area (Å²) in [5.74, 6) is 1.20. The summed E-state index contributed by atoms with van der Waals surface area (Å²) in [6, 6.07) is 2.04. The van der Waals surface area contributed by atoms with E-state index in [1.165, 1.54) is 11.3 Å². The van der Waals surface area contributed by atoms with Gasteiger partial charge < -0.3 is 26.4 Å². The molecule has 1 atom stereocenters. The summed E-state index contributed by atoms with van der Waals surface area (Å²) < 4.78 is 7.80. The summed E-state index contributed by atoms with van der Waals surface area (Å²) >= 11 is 1.32. The lowest BCUT2D eigenvalue weighted by atomic mass is 10.1. The topological polar surface area (TPSA) is 124 Å². The number of anilines is 3. The van der Waals surface area contributed by atoms with Crippen LogP contribution in [0.15, 0.2) is 18.5 Å². The lowest BCUT2D eigenvalue weighted by molar-refractivity contribution is 0.102. The first kappa shape index (κ1) is 19.5. The highest BCUT2D eigenvalue weighted by atomic mass is 32.1. The summed E-state index contributed by atoms with van der Waals surface area (Å²) in [6.45, 7) is 1.70. The molecule has 3 aromatic rings. The molecule has 4 heterocycles. The van der Waals surface area contributed by atoms with E-state index in [-0.39, 0.29) is 11.9 Å².